The van der Waals surface area contributed by atoms with Gasteiger partial charge in [0.1, 0.15) is 10.8 Å². The van der Waals surface area contributed by atoms with Gasteiger partial charge in [-0.15, -0.1) is 0 Å². The molecule has 2 heterocycles. The minimum absolute atomic E-state index is 0.112. The van der Waals surface area contributed by atoms with Crippen molar-refractivity contribution in [3.63, 3.8) is 0 Å². The molecule has 1 aromatic carbocycles. The third-order valence-electron chi connectivity index (χ3n) is 2.92. The molecule has 0 saturated carbocycles. The molecule has 0 aliphatic carbocycles. The predicted octanol–water partition coefficient (Wildman–Crippen LogP) is 3.72. The van der Waals surface area contributed by atoms with E-state index < -0.39 is 0 Å². The molecule has 0 unspecified atom stereocenters. The Hall–Kier alpha value is -2.31. The van der Waals surface area contributed by atoms with E-state index in [4.69, 9.17) is 27.9 Å². The molecule has 0 amide bonds. The number of methoxy groups -OCH3 is 1. The second-order valence-electron chi connectivity index (χ2n) is 4.29. The molecule has 0 fully saturated rings. The minimum atomic E-state index is 0.112. The Kier molecular flexibility index (Phi) is 4.13. The summed E-state index contributed by atoms with van der Waals surface area (Å²) in [5.41, 5.74) is 1.54. The lowest BCUT2D eigenvalue weighted by atomic mass is 10.2. The zero-order chi connectivity index (χ0) is 15.5. The Bertz CT molecular complexity index is 792. The molecule has 1 N–H and O–H groups in total. The first-order valence-corrected chi connectivity index (χ1v) is 7.06. The molecule has 0 atom stereocenters. The third kappa shape index (κ3) is 2.98. The minimum Gasteiger partial charge on any atom is -0.497 e. The van der Waals surface area contributed by atoms with Crippen LogP contribution in [0.5, 0.6) is 5.75 Å². The molecule has 0 spiro atoms. The lowest BCUT2D eigenvalue weighted by Gasteiger charge is -2.13. The van der Waals surface area contributed by atoms with E-state index in [0.29, 0.717) is 16.6 Å². The van der Waals surface area contributed by atoms with Crippen molar-refractivity contribution in [2.24, 2.45) is 0 Å². The van der Waals surface area contributed by atoms with E-state index in [2.05, 4.69) is 20.4 Å². The smallest absolute Gasteiger partial charge is 0.224 e. The van der Waals surface area contributed by atoms with Gasteiger partial charge >= 0.3 is 0 Å². The van der Waals surface area contributed by atoms with Crippen molar-refractivity contribution in [3.8, 4) is 11.4 Å². The molecule has 0 aliphatic heterocycles. The van der Waals surface area contributed by atoms with Gasteiger partial charge in [-0.1, -0.05) is 11.6 Å². The maximum absolute atomic E-state index is 6.09. The molecule has 0 aliphatic rings. The van der Waals surface area contributed by atoms with Crippen LogP contribution in [0.2, 0.25) is 10.3 Å². The monoisotopic (exact) mass is 335 g/mol. The van der Waals surface area contributed by atoms with Crippen LogP contribution in [0.25, 0.3) is 5.69 Å². The summed E-state index contributed by atoms with van der Waals surface area (Å²) in [7, 11) is 1.61. The fourth-order valence-corrected chi connectivity index (χ4v) is 2.18. The molecule has 8 heteroatoms. The number of halogens is 2. The van der Waals surface area contributed by atoms with Crippen molar-refractivity contribution in [2.75, 3.05) is 12.4 Å². The van der Waals surface area contributed by atoms with E-state index in [1.54, 1.807) is 18.0 Å². The first kappa shape index (κ1) is 14.6. The van der Waals surface area contributed by atoms with Crippen LogP contribution in [-0.2, 0) is 0 Å². The number of nitrogens with one attached hydrogen (secondary N) is 1. The van der Waals surface area contributed by atoms with E-state index in [1.807, 2.05) is 30.5 Å². The number of rotatable bonds is 4. The molecular weight excluding hydrogens is 325 g/mol. The van der Waals surface area contributed by atoms with Crippen LogP contribution in [0.4, 0.5) is 11.5 Å². The van der Waals surface area contributed by atoms with Gasteiger partial charge in [-0.25, -0.2) is 9.67 Å². The number of benzene rings is 1. The average Bonchev–Trinajstić information content (AvgIpc) is 3.05. The van der Waals surface area contributed by atoms with Gasteiger partial charge in [-0.05, 0) is 29.8 Å². The van der Waals surface area contributed by atoms with E-state index in [9.17, 15) is 0 Å². The molecule has 0 bridgehead atoms. The quantitative estimate of drug-likeness (QED) is 0.736. The predicted molar refractivity (Wildman–Crippen MR) is 85.5 cm³/mol. The Morgan fingerprint density at radius 2 is 2.14 bits per heavy atom. The highest BCUT2D eigenvalue weighted by molar-refractivity contribution is 6.33. The highest BCUT2D eigenvalue weighted by Gasteiger charge is 2.11. The number of anilines is 2. The molecule has 2 aromatic heterocycles. The molecule has 3 rings (SSSR count). The van der Waals surface area contributed by atoms with Crippen LogP contribution in [0.3, 0.4) is 0 Å². The van der Waals surface area contributed by atoms with Crippen molar-refractivity contribution in [2.45, 2.75) is 0 Å². The van der Waals surface area contributed by atoms with Crippen molar-refractivity contribution < 1.29 is 4.74 Å². The van der Waals surface area contributed by atoms with Gasteiger partial charge in [-0.3, -0.25) is 0 Å². The molecule has 6 nitrogen and oxygen atoms in total. The Labute approximate surface area is 136 Å². The van der Waals surface area contributed by atoms with Crippen LogP contribution in [0.15, 0.2) is 42.9 Å². The zero-order valence-corrected chi connectivity index (χ0v) is 13.0. The largest absolute Gasteiger partial charge is 0.497 e. The lowest BCUT2D eigenvalue weighted by Crippen LogP contribution is -2.03. The highest BCUT2D eigenvalue weighted by Crippen LogP contribution is 2.30. The normalized spacial score (nSPS) is 10.5. The van der Waals surface area contributed by atoms with Gasteiger partial charge in [0, 0.05) is 18.5 Å². The summed E-state index contributed by atoms with van der Waals surface area (Å²) in [4.78, 5) is 7.91. The SMILES string of the molecule is COc1ccc(Nc2nc(Cl)ncc2Cl)c(-n2cccn2)c1. The summed E-state index contributed by atoms with van der Waals surface area (Å²) in [5, 5.41) is 7.85. The van der Waals surface area contributed by atoms with Crippen molar-refractivity contribution in [1.29, 1.82) is 0 Å². The summed E-state index contributed by atoms with van der Waals surface area (Å²) in [6.45, 7) is 0. The highest BCUT2D eigenvalue weighted by atomic mass is 35.5. The fourth-order valence-electron chi connectivity index (χ4n) is 1.91. The van der Waals surface area contributed by atoms with E-state index in [1.165, 1.54) is 6.20 Å². The van der Waals surface area contributed by atoms with Crippen LogP contribution in [-0.4, -0.2) is 26.9 Å². The van der Waals surface area contributed by atoms with Gasteiger partial charge in [0.15, 0.2) is 5.82 Å². The van der Waals surface area contributed by atoms with Crippen molar-refractivity contribution in [3.05, 3.63) is 53.2 Å². The number of nitrogens with zero attached hydrogens (tertiary/aromatic N) is 4. The Balaban J connectivity index is 2.05. The van der Waals surface area contributed by atoms with Crippen LogP contribution < -0.4 is 10.1 Å². The maximum Gasteiger partial charge on any atom is 0.224 e. The molecule has 22 heavy (non-hydrogen) atoms. The molecule has 112 valence electrons. The number of hydrogen-bond donors (Lipinski definition) is 1. The topological polar surface area (TPSA) is 64.9 Å². The van der Waals surface area contributed by atoms with Gasteiger partial charge < -0.3 is 10.1 Å². The van der Waals surface area contributed by atoms with Crippen LogP contribution >= 0.6 is 23.2 Å². The summed E-state index contributed by atoms with van der Waals surface area (Å²) < 4.78 is 6.97. The molecule has 0 radical (unpaired) electrons. The van der Waals surface area contributed by atoms with Gasteiger partial charge in [0.2, 0.25) is 5.28 Å². The maximum atomic E-state index is 6.09. The van der Waals surface area contributed by atoms with Crippen LogP contribution in [0, 0.1) is 0 Å². The number of ether oxygens (including phenoxy) is 1. The first-order valence-electron chi connectivity index (χ1n) is 6.30. The third-order valence-corrected chi connectivity index (χ3v) is 3.38. The zero-order valence-electron chi connectivity index (χ0n) is 11.5. The summed E-state index contributed by atoms with van der Waals surface area (Å²) in [5.74, 6) is 1.13. The van der Waals surface area contributed by atoms with Crippen molar-refractivity contribution in [1.82, 2.24) is 19.7 Å². The Morgan fingerprint density at radius 1 is 1.27 bits per heavy atom. The Morgan fingerprint density at radius 3 is 2.86 bits per heavy atom. The molecule has 0 saturated heterocycles. The van der Waals surface area contributed by atoms with Gasteiger partial charge in [-0.2, -0.15) is 10.1 Å². The number of hydrogen-bond acceptors (Lipinski definition) is 5. The molecule has 3 aromatic rings. The fraction of sp³-hybridized carbons (Fsp3) is 0.0714. The van der Waals surface area contributed by atoms with Gasteiger partial charge in [0.25, 0.3) is 0 Å². The van der Waals surface area contributed by atoms with E-state index in [-0.39, 0.29) is 5.28 Å². The summed E-state index contributed by atoms with van der Waals surface area (Å²) >= 11 is 11.9. The second kappa shape index (κ2) is 6.21. The lowest BCUT2D eigenvalue weighted by molar-refractivity contribution is 0.414. The second-order valence-corrected chi connectivity index (χ2v) is 5.04. The van der Waals surface area contributed by atoms with Crippen molar-refractivity contribution >= 4 is 34.7 Å². The average molecular weight is 336 g/mol. The van der Waals surface area contributed by atoms with E-state index >= 15 is 0 Å². The number of aromatic nitrogens is 4. The van der Waals surface area contributed by atoms with Crippen LogP contribution in [0.1, 0.15) is 0 Å². The first-order chi connectivity index (χ1) is 10.7. The summed E-state index contributed by atoms with van der Waals surface area (Å²) in [6, 6.07) is 7.36. The standard InChI is InChI=1S/C14H11Cl2N5O/c1-22-9-3-4-11(12(7-9)21-6-2-5-18-21)19-13-10(15)8-17-14(16)20-13/h2-8H,1H3,(H,17,19,20). The molecular formula is C14H11Cl2N5O. The van der Waals surface area contributed by atoms with E-state index in [0.717, 1.165) is 11.4 Å². The van der Waals surface area contributed by atoms with Gasteiger partial charge in [0.05, 0.1) is 24.7 Å². The summed E-state index contributed by atoms with van der Waals surface area (Å²) in [6.07, 6.45) is 4.96.